The van der Waals surface area contributed by atoms with E-state index in [2.05, 4.69) is 0 Å². The Bertz CT molecular complexity index is 510. The average Bonchev–Trinajstić information content (AvgIpc) is 2.54. The number of nitriles is 1. The van der Waals surface area contributed by atoms with Gasteiger partial charge in [0.05, 0.1) is 0 Å². The molecule has 2 aromatic rings. The van der Waals surface area contributed by atoms with Crippen LogP contribution < -0.4 is 0 Å². The monoisotopic (exact) mass is 191 g/mol. The first-order valence-corrected chi connectivity index (χ1v) is 4.44. The van der Waals surface area contributed by atoms with Crippen molar-refractivity contribution >= 4 is 21.4 Å². The van der Waals surface area contributed by atoms with E-state index < -0.39 is 0 Å². The van der Waals surface area contributed by atoms with Gasteiger partial charge in [-0.3, -0.25) is 0 Å². The van der Waals surface area contributed by atoms with Gasteiger partial charge < -0.3 is 10.2 Å². The third kappa shape index (κ3) is 1.02. The molecule has 0 unspecified atom stereocenters. The van der Waals surface area contributed by atoms with Gasteiger partial charge in [-0.2, -0.15) is 5.26 Å². The summed E-state index contributed by atoms with van der Waals surface area (Å²) in [6, 6.07) is 5.06. The van der Waals surface area contributed by atoms with Crippen molar-refractivity contribution in [1.29, 1.82) is 5.26 Å². The van der Waals surface area contributed by atoms with Crippen LogP contribution in [0.15, 0.2) is 17.5 Å². The zero-order valence-corrected chi connectivity index (χ0v) is 7.30. The maximum Gasteiger partial charge on any atom is 0.176 e. The molecule has 1 aromatic heterocycles. The molecule has 2 N–H and O–H groups in total. The molecule has 2 rings (SSSR count). The topological polar surface area (TPSA) is 64.2 Å². The van der Waals surface area contributed by atoms with E-state index in [0.717, 1.165) is 4.70 Å². The predicted octanol–water partition coefficient (Wildman–Crippen LogP) is 2.18. The number of aromatic hydroxyl groups is 2. The maximum atomic E-state index is 9.35. The predicted molar refractivity (Wildman–Crippen MR) is 49.9 cm³/mol. The molecule has 0 atom stereocenters. The first kappa shape index (κ1) is 7.90. The van der Waals surface area contributed by atoms with E-state index in [1.54, 1.807) is 6.07 Å². The second-order valence-corrected chi connectivity index (χ2v) is 3.51. The number of thiophene rings is 1. The molecule has 0 aliphatic carbocycles. The highest BCUT2D eigenvalue weighted by Gasteiger charge is 2.11. The van der Waals surface area contributed by atoms with Crippen LogP contribution in [0.4, 0.5) is 0 Å². The molecule has 0 radical (unpaired) electrons. The Kier molecular flexibility index (Phi) is 1.61. The summed E-state index contributed by atoms with van der Waals surface area (Å²) < 4.78 is 0.798. The van der Waals surface area contributed by atoms with Gasteiger partial charge >= 0.3 is 0 Å². The average molecular weight is 191 g/mol. The third-order valence-electron chi connectivity index (χ3n) is 1.82. The van der Waals surface area contributed by atoms with Gasteiger partial charge in [-0.1, -0.05) is 0 Å². The van der Waals surface area contributed by atoms with Crippen molar-refractivity contribution in [1.82, 2.24) is 0 Å². The van der Waals surface area contributed by atoms with Crippen molar-refractivity contribution in [3.05, 3.63) is 23.1 Å². The van der Waals surface area contributed by atoms with Gasteiger partial charge in [0, 0.05) is 16.2 Å². The minimum absolute atomic E-state index is 0.135. The Morgan fingerprint density at radius 2 is 2.15 bits per heavy atom. The van der Waals surface area contributed by atoms with Gasteiger partial charge in [-0.15, -0.1) is 11.3 Å². The Hall–Kier alpha value is -1.73. The van der Waals surface area contributed by atoms with Crippen molar-refractivity contribution in [2.24, 2.45) is 0 Å². The number of hydrogen-bond donors (Lipinski definition) is 2. The van der Waals surface area contributed by atoms with Gasteiger partial charge in [0.15, 0.2) is 11.5 Å². The van der Waals surface area contributed by atoms with Crippen molar-refractivity contribution in [2.45, 2.75) is 0 Å². The summed E-state index contributed by atoms with van der Waals surface area (Å²) in [5.74, 6) is -0.583. The second-order valence-electron chi connectivity index (χ2n) is 2.56. The van der Waals surface area contributed by atoms with Gasteiger partial charge in [-0.05, 0) is 11.4 Å². The molecule has 3 nitrogen and oxygen atoms in total. The van der Waals surface area contributed by atoms with E-state index in [1.807, 2.05) is 11.4 Å². The molecule has 0 aliphatic heterocycles. The van der Waals surface area contributed by atoms with Crippen LogP contribution in [0.2, 0.25) is 0 Å². The largest absolute Gasteiger partial charge is 0.504 e. The third-order valence-corrected chi connectivity index (χ3v) is 2.69. The zero-order valence-electron chi connectivity index (χ0n) is 6.48. The van der Waals surface area contributed by atoms with Crippen LogP contribution in [0.3, 0.4) is 0 Å². The van der Waals surface area contributed by atoms with E-state index in [9.17, 15) is 10.2 Å². The van der Waals surface area contributed by atoms with Crippen LogP contribution in [-0.4, -0.2) is 10.2 Å². The van der Waals surface area contributed by atoms with Crippen LogP contribution in [0, 0.1) is 11.3 Å². The molecule has 0 amide bonds. The molecule has 0 fully saturated rings. The van der Waals surface area contributed by atoms with Gasteiger partial charge in [-0.25, -0.2) is 0 Å². The number of nitrogens with zero attached hydrogens (tertiary/aromatic N) is 1. The summed E-state index contributed by atoms with van der Waals surface area (Å²) in [7, 11) is 0. The van der Waals surface area contributed by atoms with Gasteiger partial charge in [0.25, 0.3) is 0 Å². The fourth-order valence-corrected chi connectivity index (χ4v) is 2.03. The smallest absolute Gasteiger partial charge is 0.176 e. The van der Waals surface area contributed by atoms with Gasteiger partial charge in [0.1, 0.15) is 11.6 Å². The molecule has 1 aromatic carbocycles. The van der Waals surface area contributed by atoms with E-state index in [0.29, 0.717) is 5.39 Å². The van der Waals surface area contributed by atoms with E-state index in [1.165, 1.54) is 17.4 Å². The molecule has 0 saturated carbocycles. The summed E-state index contributed by atoms with van der Waals surface area (Å²) in [6.07, 6.45) is 0. The van der Waals surface area contributed by atoms with Crippen molar-refractivity contribution in [3.8, 4) is 17.6 Å². The molecular weight excluding hydrogens is 186 g/mol. The molecular formula is C9H5NO2S. The summed E-state index contributed by atoms with van der Waals surface area (Å²) >= 11 is 1.42. The molecule has 4 heteroatoms. The first-order valence-electron chi connectivity index (χ1n) is 3.56. The molecule has 0 saturated heterocycles. The van der Waals surface area contributed by atoms with Gasteiger partial charge in [0.2, 0.25) is 0 Å². The lowest BCUT2D eigenvalue weighted by molar-refractivity contribution is 0.404. The fourth-order valence-electron chi connectivity index (χ4n) is 1.20. The summed E-state index contributed by atoms with van der Waals surface area (Å²) in [4.78, 5) is 0. The lowest BCUT2D eigenvalue weighted by Gasteiger charge is -2.00. The quantitative estimate of drug-likeness (QED) is 0.627. The van der Waals surface area contributed by atoms with Crippen molar-refractivity contribution in [2.75, 3.05) is 0 Å². The zero-order chi connectivity index (χ0) is 9.42. The lowest BCUT2D eigenvalue weighted by Crippen LogP contribution is -1.78. The Balaban J connectivity index is 2.98. The number of fused-ring (bicyclic) bond motifs is 1. The molecule has 0 bridgehead atoms. The summed E-state index contributed by atoms with van der Waals surface area (Å²) in [5.41, 5.74) is 0.135. The summed E-state index contributed by atoms with van der Waals surface area (Å²) in [5, 5.41) is 29.8. The van der Waals surface area contributed by atoms with Crippen molar-refractivity contribution < 1.29 is 10.2 Å². The van der Waals surface area contributed by atoms with Crippen LogP contribution >= 0.6 is 11.3 Å². The van der Waals surface area contributed by atoms with Crippen LogP contribution in [0.5, 0.6) is 11.5 Å². The molecule has 1 heterocycles. The number of benzene rings is 1. The normalized spacial score (nSPS) is 10.1. The summed E-state index contributed by atoms with van der Waals surface area (Å²) in [6.45, 7) is 0. The van der Waals surface area contributed by atoms with Crippen LogP contribution in [0.25, 0.3) is 10.1 Å². The Labute approximate surface area is 78.1 Å². The van der Waals surface area contributed by atoms with Crippen LogP contribution in [-0.2, 0) is 0 Å². The number of phenolic OH excluding ortho intramolecular Hbond substituents is 2. The molecule has 0 aliphatic rings. The maximum absolute atomic E-state index is 9.35. The molecule has 0 spiro atoms. The Morgan fingerprint density at radius 3 is 2.85 bits per heavy atom. The van der Waals surface area contributed by atoms with E-state index in [-0.39, 0.29) is 17.1 Å². The first-order chi connectivity index (χ1) is 6.24. The second kappa shape index (κ2) is 2.64. The lowest BCUT2D eigenvalue weighted by atomic mass is 10.1. The minimum atomic E-state index is -0.339. The SMILES string of the molecule is N#Cc1c(O)c(O)cc2sccc12. The van der Waals surface area contributed by atoms with Crippen LogP contribution in [0.1, 0.15) is 5.56 Å². The van der Waals surface area contributed by atoms with E-state index in [4.69, 9.17) is 5.26 Å². The number of rotatable bonds is 0. The fraction of sp³-hybridized carbons (Fsp3) is 0. The van der Waals surface area contributed by atoms with E-state index >= 15 is 0 Å². The molecule has 13 heavy (non-hydrogen) atoms. The number of hydrogen-bond acceptors (Lipinski definition) is 4. The molecule has 64 valence electrons. The van der Waals surface area contributed by atoms with Crippen molar-refractivity contribution in [3.63, 3.8) is 0 Å². The standard InChI is InChI=1S/C9H5NO2S/c10-4-6-5-1-2-13-8(5)3-7(11)9(6)12/h1-3,11-12H. The minimum Gasteiger partial charge on any atom is -0.504 e. The highest BCUT2D eigenvalue weighted by Crippen LogP contribution is 2.37. The highest BCUT2D eigenvalue weighted by molar-refractivity contribution is 7.17. The number of phenols is 2. The highest BCUT2D eigenvalue weighted by atomic mass is 32.1. The Morgan fingerprint density at radius 1 is 1.38 bits per heavy atom.